The molecule has 0 aromatic carbocycles. The smallest absolute Gasteiger partial charge is 0.192 e. The summed E-state index contributed by atoms with van der Waals surface area (Å²) >= 11 is 0. The first-order valence-corrected chi connectivity index (χ1v) is 9.12. The molecule has 0 amide bonds. The average molecular weight is 254 g/mol. The van der Waals surface area contributed by atoms with Crippen LogP contribution in [0.1, 0.15) is 34.6 Å². The first-order chi connectivity index (χ1) is 7.54. The van der Waals surface area contributed by atoms with Gasteiger partial charge in [-0.2, -0.15) is 5.10 Å². The van der Waals surface area contributed by atoms with Crippen molar-refractivity contribution in [2.75, 3.05) is 0 Å². The van der Waals surface area contributed by atoms with Gasteiger partial charge in [-0.3, -0.25) is 4.68 Å². The Morgan fingerprint density at radius 3 is 2.18 bits per heavy atom. The fraction of sp³-hybridized carbons (Fsp3) is 0.769. The summed E-state index contributed by atoms with van der Waals surface area (Å²) in [4.78, 5) is 0. The molecular formula is C13H26N2OSi. The fourth-order valence-electron chi connectivity index (χ4n) is 1.66. The van der Waals surface area contributed by atoms with Gasteiger partial charge in [0.05, 0.1) is 12.1 Å². The average Bonchev–Trinajstić information content (AvgIpc) is 2.50. The Morgan fingerprint density at radius 2 is 1.76 bits per heavy atom. The third-order valence-corrected chi connectivity index (χ3v) is 8.11. The van der Waals surface area contributed by atoms with Crippen LogP contribution in [0.2, 0.25) is 18.1 Å². The molecule has 0 saturated carbocycles. The van der Waals surface area contributed by atoms with Crippen molar-refractivity contribution in [2.45, 2.75) is 64.9 Å². The van der Waals surface area contributed by atoms with Crippen LogP contribution in [0.4, 0.5) is 0 Å². The zero-order valence-corrected chi connectivity index (χ0v) is 13.2. The van der Waals surface area contributed by atoms with Gasteiger partial charge < -0.3 is 4.43 Å². The summed E-state index contributed by atoms with van der Waals surface area (Å²) in [5, 5.41) is 4.49. The normalized spacial score (nSPS) is 14.1. The van der Waals surface area contributed by atoms with Crippen LogP contribution in [0.5, 0.6) is 0 Å². The van der Waals surface area contributed by atoms with Crippen molar-refractivity contribution in [3.63, 3.8) is 0 Å². The summed E-state index contributed by atoms with van der Waals surface area (Å²) in [6, 6.07) is 1.95. The summed E-state index contributed by atoms with van der Waals surface area (Å²) in [5.74, 6) is 0. The summed E-state index contributed by atoms with van der Waals surface area (Å²) < 4.78 is 8.38. The van der Waals surface area contributed by atoms with Crippen molar-refractivity contribution < 1.29 is 4.43 Å². The minimum absolute atomic E-state index is 0.172. The molecule has 0 spiro atoms. The van der Waals surface area contributed by atoms with E-state index in [4.69, 9.17) is 4.43 Å². The lowest BCUT2D eigenvalue weighted by atomic mass is 10.1. The molecule has 0 atom stereocenters. The van der Waals surface area contributed by atoms with Crippen LogP contribution in [0.15, 0.2) is 18.5 Å². The minimum Gasteiger partial charge on any atom is -0.410 e. The maximum Gasteiger partial charge on any atom is 0.192 e. The first kappa shape index (κ1) is 14.4. The minimum atomic E-state index is -1.71. The highest BCUT2D eigenvalue weighted by Crippen LogP contribution is 2.39. The predicted octanol–water partition coefficient (Wildman–Crippen LogP) is 3.68. The van der Waals surface area contributed by atoms with Gasteiger partial charge in [0.25, 0.3) is 0 Å². The monoisotopic (exact) mass is 254 g/mol. The lowest BCUT2D eigenvalue weighted by Crippen LogP contribution is -2.49. The van der Waals surface area contributed by atoms with E-state index < -0.39 is 8.32 Å². The van der Waals surface area contributed by atoms with Crippen molar-refractivity contribution in [1.82, 2.24) is 9.78 Å². The van der Waals surface area contributed by atoms with Crippen LogP contribution in [-0.2, 0) is 11.0 Å². The van der Waals surface area contributed by atoms with E-state index in [9.17, 15) is 0 Å². The van der Waals surface area contributed by atoms with Gasteiger partial charge >= 0.3 is 0 Å². The molecule has 1 heterocycles. The van der Waals surface area contributed by atoms with Gasteiger partial charge in [0.1, 0.15) is 0 Å². The Labute approximate surface area is 106 Å². The Bertz CT molecular complexity index is 350. The zero-order chi connectivity index (χ0) is 13.3. The van der Waals surface area contributed by atoms with Gasteiger partial charge in [0.2, 0.25) is 0 Å². The number of rotatable bonds is 4. The summed E-state index contributed by atoms with van der Waals surface area (Å²) in [7, 11) is -1.71. The van der Waals surface area contributed by atoms with Crippen molar-refractivity contribution in [2.24, 2.45) is 0 Å². The molecule has 0 N–H and O–H groups in total. The maximum absolute atomic E-state index is 6.44. The van der Waals surface area contributed by atoms with Gasteiger partial charge in [0.15, 0.2) is 8.32 Å². The van der Waals surface area contributed by atoms with Crippen LogP contribution in [0.3, 0.4) is 0 Å². The third-order valence-electron chi connectivity index (χ3n) is 3.44. The predicted molar refractivity (Wildman–Crippen MR) is 74.6 cm³/mol. The van der Waals surface area contributed by atoms with Crippen molar-refractivity contribution in [1.29, 1.82) is 0 Å². The van der Waals surface area contributed by atoms with Gasteiger partial charge in [-0.15, -0.1) is 0 Å². The maximum atomic E-state index is 6.44. The van der Waals surface area contributed by atoms with E-state index >= 15 is 0 Å². The molecule has 1 aromatic rings. The van der Waals surface area contributed by atoms with E-state index in [2.05, 4.69) is 52.8 Å². The lowest BCUT2D eigenvalue weighted by molar-refractivity contribution is 0.0692. The number of hydrogen-bond acceptors (Lipinski definition) is 2. The van der Waals surface area contributed by atoms with E-state index in [1.807, 2.05) is 23.1 Å². The molecule has 0 aliphatic rings. The number of nitrogens with zero attached hydrogens (tertiary/aromatic N) is 2. The highest BCUT2D eigenvalue weighted by Gasteiger charge is 2.41. The Kier molecular flexibility index (Phi) is 3.89. The molecule has 3 nitrogen and oxygen atoms in total. The molecule has 0 radical (unpaired) electrons. The van der Waals surface area contributed by atoms with E-state index in [0.29, 0.717) is 0 Å². The van der Waals surface area contributed by atoms with E-state index in [-0.39, 0.29) is 10.6 Å². The van der Waals surface area contributed by atoms with Gasteiger partial charge in [-0.25, -0.2) is 0 Å². The molecule has 98 valence electrons. The van der Waals surface area contributed by atoms with E-state index in [1.54, 1.807) is 0 Å². The van der Waals surface area contributed by atoms with Gasteiger partial charge in [0, 0.05) is 12.4 Å². The van der Waals surface area contributed by atoms with Crippen LogP contribution in [-0.4, -0.2) is 23.7 Å². The topological polar surface area (TPSA) is 27.1 Å². The highest BCUT2D eigenvalue weighted by molar-refractivity contribution is 6.74. The van der Waals surface area contributed by atoms with Crippen LogP contribution in [0, 0.1) is 0 Å². The van der Waals surface area contributed by atoms with Crippen LogP contribution >= 0.6 is 0 Å². The third kappa shape index (κ3) is 3.96. The number of hydrogen-bond donors (Lipinski definition) is 0. The quantitative estimate of drug-likeness (QED) is 0.766. The second-order valence-corrected chi connectivity index (χ2v) is 11.6. The Hall–Kier alpha value is -0.613. The SMILES string of the molecule is CC(C)(Cn1cccn1)O[Si](C)(C)C(C)(C)C. The summed E-state index contributed by atoms with van der Waals surface area (Å²) in [6.07, 6.45) is 3.79. The molecule has 0 fully saturated rings. The highest BCUT2D eigenvalue weighted by atomic mass is 28.4. The van der Waals surface area contributed by atoms with Crippen molar-refractivity contribution >= 4 is 8.32 Å². The zero-order valence-electron chi connectivity index (χ0n) is 12.2. The molecule has 1 rings (SSSR count). The number of aromatic nitrogens is 2. The van der Waals surface area contributed by atoms with E-state index in [1.165, 1.54) is 0 Å². The van der Waals surface area contributed by atoms with Crippen LogP contribution < -0.4 is 0 Å². The molecule has 0 saturated heterocycles. The van der Waals surface area contributed by atoms with Crippen molar-refractivity contribution in [3.05, 3.63) is 18.5 Å². The molecule has 1 aromatic heterocycles. The van der Waals surface area contributed by atoms with Crippen molar-refractivity contribution in [3.8, 4) is 0 Å². The molecule has 0 bridgehead atoms. The molecule has 17 heavy (non-hydrogen) atoms. The molecule has 0 aliphatic heterocycles. The van der Waals surface area contributed by atoms with Gasteiger partial charge in [-0.1, -0.05) is 20.8 Å². The first-order valence-electron chi connectivity index (χ1n) is 6.21. The molecule has 4 heteroatoms. The summed E-state index contributed by atoms with van der Waals surface area (Å²) in [6.45, 7) is 16.5. The molecule has 0 aliphatic carbocycles. The largest absolute Gasteiger partial charge is 0.410 e. The second-order valence-electron chi connectivity index (χ2n) is 6.83. The summed E-state index contributed by atoms with van der Waals surface area (Å²) in [5.41, 5.74) is -0.172. The standard InChI is InChI=1S/C13H26N2OSi/c1-12(2,3)17(6,7)16-13(4,5)11-15-10-8-9-14-15/h8-10H,11H2,1-7H3. The molecular weight excluding hydrogens is 228 g/mol. The Morgan fingerprint density at radius 1 is 1.18 bits per heavy atom. The lowest BCUT2D eigenvalue weighted by Gasteiger charge is -2.42. The molecule has 0 unspecified atom stereocenters. The van der Waals surface area contributed by atoms with Crippen LogP contribution in [0.25, 0.3) is 0 Å². The van der Waals surface area contributed by atoms with E-state index in [0.717, 1.165) is 6.54 Å². The Balaban J connectivity index is 2.72. The fourth-order valence-corrected chi connectivity index (χ4v) is 3.41. The second kappa shape index (κ2) is 4.57. The van der Waals surface area contributed by atoms with Gasteiger partial charge in [-0.05, 0) is 38.0 Å².